The van der Waals surface area contributed by atoms with Crippen LogP contribution >= 0.6 is 0 Å². The van der Waals surface area contributed by atoms with E-state index in [1.807, 2.05) is 50.2 Å². The maximum Gasteiger partial charge on any atom is 0.220 e. The molecule has 1 aromatic heterocycles. The summed E-state index contributed by atoms with van der Waals surface area (Å²) in [5.41, 5.74) is 2.27. The molecule has 0 aliphatic carbocycles. The van der Waals surface area contributed by atoms with Gasteiger partial charge in [-0.25, -0.2) is 0 Å². The molecule has 2 rings (SSSR count). The van der Waals surface area contributed by atoms with E-state index in [9.17, 15) is 4.79 Å². The third-order valence-electron chi connectivity index (χ3n) is 3.31. The minimum atomic E-state index is -0.0648. The van der Waals surface area contributed by atoms with Crippen LogP contribution in [0.25, 0.3) is 0 Å². The molecule has 0 aliphatic rings. The number of nitrogens with one attached hydrogen (secondary N) is 1. The third-order valence-corrected chi connectivity index (χ3v) is 3.31. The number of pyridine rings is 1. The first-order valence-electron chi connectivity index (χ1n) is 7.52. The van der Waals surface area contributed by atoms with Crippen molar-refractivity contribution in [2.45, 2.75) is 32.8 Å². The lowest BCUT2D eigenvalue weighted by atomic mass is 10.1. The number of carbonyl (C=O) groups excluding carboxylic acids is 1. The number of carbonyl (C=O) groups is 1. The molecule has 0 radical (unpaired) electrons. The van der Waals surface area contributed by atoms with E-state index < -0.39 is 0 Å². The highest BCUT2D eigenvalue weighted by Gasteiger charge is 2.07. The predicted molar refractivity (Wildman–Crippen MR) is 86.8 cm³/mol. The molecule has 1 atom stereocenters. The Labute approximate surface area is 131 Å². The van der Waals surface area contributed by atoms with Crippen molar-refractivity contribution in [3.05, 3.63) is 59.9 Å². The van der Waals surface area contributed by atoms with Gasteiger partial charge in [0.05, 0.1) is 6.54 Å². The lowest BCUT2D eigenvalue weighted by Crippen LogP contribution is -2.33. The third kappa shape index (κ3) is 5.56. The van der Waals surface area contributed by atoms with Gasteiger partial charge in [-0.05, 0) is 44.0 Å². The highest BCUT2D eigenvalue weighted by Crippen LogP contribution is 2.13. The summed E-state index contributed by atoms with van der Waals surface area (Å²) in [6.07, 6.45) is 4.62. The van der Waals surface area contributed by atoms with Crippen LogP contribution < -0.4 is 10.1 Å². The van der Waals surface area contributed by atoms with Crippen molar-refractivity contribution in [1.82, 2.24) is 10.3 Å². The predicted octanol–water partition coefficient (Wildman–Crippen LogP) is 2.91. The molecule has 116 valence electrons. The van der Waals surface area contributed by atoms with Crippen molar-refractivity contribution in [3.8, 4) is 5.75 Å². The molecule has 1 amide bonds. The molecular weight excluding hydrogens is 276 g/mol. The van der Waals surface area contributed by atoms with Gasteiger partial charge >= 0.3 is 0 Å². The Kier molecular flexibility index (Phi) is 5.95. The minimum Gasteiger partial charge on any atom is -0.489 e. The molecule has 4 heteroatoms. The first-order valence-corrected chi connectivity index (χ1v) is 7.52. The Bertz CT molecular complexity index is 582. The Morgan fingerprint density at radius 3 is 2.73 bits per heavy atom. The average molecular weight is 298 g/mol. The van der Waals surface area contributed by atoms with Gasteiger partial charge in [-0.3, -0.25) is 9.78 Å². The van der Waals surface area contributed by atoms with Crippen molar-refractivity contribution in [1.29, 1.82) is 0 Å². The molecule has 1 heterocycles. The van der Waals surface area contributed by atoms with E-state index >= 15 is 0 Å². The summed E-state index contributed by atoms with van der Waals surface area (Å²) in [7, 11) is 0. The van der Waals surface area contributed by atoms with Gasteiger partial charge in [0.15, 0.2) is 0 Å². The minimum absolute atomic E-state index is 0.0307. The standard InChI is InChI=1S/C18H22N2O2/c1-14-5-8-17(9-6-14)22-15(2)12-20-18(21)10-7-16-4-3-11-19-13-16/h3-6,8-9,11,13,15H,7,10,12H2,1-2H3,(H,20,21)/t15-/m1/s1. The van der Waals surface area contributed by atoms with Crippen LogP contribution in [-0.4, -0.2) is 23.5 Å². The highest BCUT2D eigenvalue weighted by atomic mass is 16.5. The second kappa shape index (κ2) is 8.17. The molecule has 0 fully saturated rings. The summed E-state index contributed by atoms with van der Waals surface area (Å²) in [4.78, 5) is 15.9. The van der Waals surface area contributed by atoms with Crippen LogP contribution in [0.5, 0.6) is 5.75 Å². The van der Waals surface area contributed by atoms with Gasteiger partial charge in [0.2, 0.25) is 5.91 Å². The Balaban J connectivity index is 1.68. The molecule has 0 unspecified atom stereocenters. The van der Waals surface area contributed by atoms with Gasteiger partial charge in [-0.1, -0.05) is 23.8 Å². The molecule has 4 nitrogen and oxygen atoms in total. The van der Waals surface area contributed by atoms with E-state index in [0.29, 0.717) is 19.4 Å². The summed E-state index contributed by atoms with van der Waals surface area (Å²) in [6.45, 7) is 4.48. The molecule has 2 aromatic rings. The van der Waals surface area contributed by atoms with Crippen molar-refractivity contribution < 1.29 is 9.53 Å². The number of hydrogen-bond acceptors (Lipinski definition) is 3. The largest absolute Gasteiger partial charge is 0.489 e. The summed E-state index contributed by atoms with van der Waals surface area (Å²) in [6, 6.07) is 11.8. The first-order chi connectivity index (χ1) is 10.6. The zero-order valence-corrected chi connectivity index (χ0v) is 13.1. The molecule has 0 bridgehead atoms. The highest BCUT2D eigenvalue weighted by molar-refractivity contribution is 5.76. The Morgan fingerprint density at radius 1 is 1.27 bits per heavy atom. The maximum atomic E-state index is 11.8. The van der Waals surface area contributed by atoms with Crippen LogP contribution in [0.15, 0.2) is 48.8 Å². The lowest BCUT2D eigenvalue weighted by molar-refractivity contribution is -0.121. The summed E-state index contributed by atoms with van der Waals surface area (Å²) >= 11 is 0. The van der Waals surface area contributed by atoms with Gasteiger partial charge in [-0.2, -0.15) is 0 Å². The fraction of sp³-hybridized carbons (Fsp3) is 0.333. The zero-order chi connectivity index (χ0) is 15.8. The van der Waals surface area contributed by atoms with Crippen LogP contribution in [0.4, 0.5) is 0 Å². The average Bonchev–Trinajstić information content (AvgIpc) is 2.54. The second-order valence-electron chi connectivity index (χ2n) is 5.41. The van der Waals surface area contributed by atoms with Crippen LogP contribution in [-0.2, 0) is 11.2 Å². The summed E-state index contributed by atoms with van der Waals surface area (Å²) in [5, 5.41) is 2.90. The lowest BCUT2D eigenvalue weighted by Gasteiger charge is -2.15. The SMILES string of the molecule is Cc1ccc(O[C@H](C)CNC(=O)CCc2cccnc2)cc1. The van der Waals surface area contributed by atoms with Crippen LogP contribution in [0.1, 0.15) is 24.5 Å². The molecule has 0 spiro atoms. The molecule has 1 N–H and O–H groups in total. The van der Waals surface area contributed by atoms with E-state index in [1.165, 1.54) is 5.56 Å². The fourth-order valence-corrected chi connectivity index (χ4v) is 2.04. The molecule has 1 aromatic carbocycles. The van der Waals surface area contributed by atoms with Crippen LogP contribution in [0.3, 0.4) is 0 Å². The van der Waals surface area contributed by atoms with Gasteiger partial charge in [0.25, 0.3) is 0 Å². The van der Waals surface area contributed by atoms with E-state index in [1.54, 1.807) is 12.4 Å². The fourth-order valence-electron chi connectivity index (χ4n) is 2.04. The number of amides is 1. The monoisotopic (exact) mass is 298 g/mol. The number of nitrogens with zero attached hydrogens (tertiary/aromatic N) is 1. The van der Waals surface area contributed by atoms with Crippen molar-refractivity contribution >= 4 is 5.91 Å². The maximum absolute atomic E-state index is 11.8. The normalized spacial score (nSPS) is 11.7. The van der Waals surface area contributed by atoms with Gasteiger partial charge in [0.1, 0.15) is 11.9 Å². The van der Waals surface area contributed by atoms with E-state index in [2.05, 4.69) is 10.3 Å². The number of benzene rings is 1. The number of aromatic nitrogens is 1. The van der Waals surface area contributed by atoms with E-state index in [-0.39, 0.29) is 12.0 Å². The number of aryl methyl sites for hydroxylation is 2. The quantitative estimate of drug-likeness (QED) is 0.855. The molecule has 0 saturated carbocycles. The van der Waals surface area contributed by atoms with Crippen molar-refractivity contribution in [3.63, 3.8) is 0 Å². The van der Waals surface area contributed by atoms with Gasteiger partial charge in [0, 0.05) is 18.8 Å². The molecular formula is C18H22N2O2. The van der Waals surface area contributed by atoms with Crippen molar-refractivity contribution in [2.75, 3.05) is 6.54 Å². The number of hydrogen-bond donors (Lipinski definition) is 1. The van der Waals surface area contributed by atoms with Crippen LogP contribution in [0.2, 0.25) is 0 Å². The van der Waals surface area contributed by atoms with Gasteiger partial charge < -0.3 is 10.1 Å². The number of ether oxygens (including phenoxy) is 1. The molecule has 0 saturated heterocycles. The topological polar surface area (TPSA) is 51.2 Å². The smallest absolute Gasteiger partial charge is 0.220 e. The Hall–Kier alpha value is -2.36. The summed E-state index contributed by atoms with van der Waals surface area (Å²) < 4.78 is 5.76. The second-order valence-corrected chi connectivity index (χ2v) is 5.41. The van der Waals surface area contributed by atoms with Crippen LogP contribution in [0, 0.1) is 6.92 Å². The first kappa shape index (κ1) is 16.0. The molecule has 0 aliphatic heterocycles. The number of rotatable bonds is 7. The van der Waals surface area contributed by atoms with Crippen molar-refractivity contribution in [2.24, 2.45) is 0 Å². The van der Waals surface area contributed by atoms with E-state index in [4.69, 9.17) is 4.74 Å². The zero-order valence-electron chi connectivity index (χ0n) is 13.1. The van der Waals surface area contributed by atoms with Gasteiger partial charge in [-0.15, -0.1) is 0 Å². The Morgan fingerprint density at radius 2 is 2.05 bits per heavy atom. The summed E-state index contributed by atoms with van der Waals surface area (Å²) in [5.74, 6) is 0.853. The van der Waals surface area contributed by atoms with E-state index in [0.717, 1.165) is 11.3 Å². The molecule has 22 heavy (non-hydrogen) atoms.